The minimum atomic E-state index is 0.668. The molecule has 0 amide bonds. The van der Waals surface area contributed by atoms with Gasteiger partial charge in [0.1, 0.15) is 0 Å². The molecule has 0 N–H and O–H groups in total. The first-order valence-electron chi connectivity index (χ1n) is 4.12. The fourth-order valence-electron chi connectivity index (χ4n) is 1.56. The molecule has 0 aliphatic heterocycles. The number of benzene rings is 1. The van der Waals surface area contributed by atoms with Gasteiger partial charge in [-0.2, -0.15) is 0 Å². The summed E-state index contributed by atoms with van der Waals surface area (Å²) >= 11 is 11.6. The molecule has 0 radical (unpaired) electrons. The van der Waals surface area contributed by atoms with Gasteiger partial charge in [0.05, 0.1) is 0 Å². The third-order valence-corrected chi connectivity index (χ3v) is 3.03. The Morgan fingerprint density at radius 2 is 2.25 bits per heavy atom. The van der Waals surface area contributed by atoms with Gasteiger partial charge in [-0.05, 0) is 36.0 Å². The highest BCUT2D eigenvalue weighted by Gasteiger charge is 2.37. The molecule has 0 nitrogen and oxygen atoms in total. The Kier molecular flexibility index (Phi) is 2.29. The van der Waals surface area contributed by atoms with E-state index in [-0.39, 0.29) is 0 Å². The average Bonchev–Trinajstić information content (AvgIpc) is 2.83. The van der Waals surface area contributed by atoms with Crippen LogP contribution in [0, 0.1) is 5.92 Å². The van der Waals surface area contributed by atoms with Crippen LogP contribution < -0.4 is 0 Å². The maximum atomic E-state index is 5.87. The van der Waals surface area contributed by atoms with Gasteiger partial charge in [0.25, 0.3) is 0 Å². The molecule has 2 atom stereocenters. The smallest absolute Gasteiger partial charge is 0.0408 e. The SMILES string of the molecule is ClC[C@H]1C[C@@H]1c1cccc(Cl)c1. The Morgan fingerprint density at radius 1 is 1.42 bits per heavy atom. The molecule has 0 heterocycles. The quantitative estimate of drug-likeness (QED) is 0.640. The molecule has 0 unspecified atom stereocenters. The third kappa shape index (κ3) is 1.60. The highest BCUT2D eigenvalue weighted by molar-refractivity contribution is 6.30. The fraction of sp³-hybridized carbons (Fsp3) is 0.400. The van der Waals surface area contributed by atoms with E-state index in [9.17, 15) is 0 Å². The largest absolute Gasteiger partial charge is 0.126 e. The maximum absolute atomic E-state index is 5.87. The van der Waals surface area contributed by atoms with Gasteiger partial charge in [0.15, 0.2) is 0 Å². The van der Waals surface area contributed by atoms with Crippen molar-refractivity contribution in [2.75, 3.05) is 5.88 Å². The molecule has 1 aromatic carbocycles. The van der Waals surface area contributed by atoms with Gasteiger partial charge in [-0.1, -0.05) is 23.7 Å². The second-order valence-electron chi connectivity index (χ2n) is 3.31. The number of alkyl halides is 1. The molecule has 0 aromatic heterocycles. The number of hydrogen-bond acceptors (Lipinski definition) is 0. The van der Waals surface area contributed by atoms with Crippen LogP contribution in [0.1, 0.15) is 17.9 Å². The van der Waals surface area contributed by atoms with Crippen molar-refractivity contribution in [2.45, 2.75) is 12.3 Å². The molecule has 1 aliphatic rings. The lowest BCUT2D eigenvalue weighted by molar-refractivity contribution is 0.923. The van der Waals surface area contributed by atoms with Crippen molar-refractivity contribution in [3.63, 3.8) is 0 Å². The Balaban J connectivity index is 2.14. The van der Waals surface area contributed by atoms with E-state index >= 15 is 0 Å². The van der Waals surface area contributed by atoms with Gasteiger partial charge >= 0.3 is 0 Å². The predicted molar refractivity (Wildman–Crippen MR) is 53.0 cm³/mol. The maximum Gasteiger partial charge on any atom is 0.0408 e. The van der Waals surface area contributed by atoms with Crippen LogP contribution in [-0.2, 0) is 0 Å². The number of rotatable bonds is 2. The highest BCUT2D eigenvalue weighted by Crippen LogP contribution is 2.48. The lowest BCUT2D eigenvalue weighted by Gasteiger charge is -1.98. The number of hydrogen-bond donors (Lipinski definition) is 0. The second kappa shape index (κ2) is 3.27. The van der Waals surface area contributed by atoms with Gasteiger partial charge in [-0.25, -0.2) is 0 Å². The van der Waals surface area contributed by atoms with Crippen LogP contribution in [0.15, 0.2) is 24.3 Å². The van der Waals surface area contributed by atoms with Crippen LogP contribution in [0.3, 0.4) is 0 Å². The van der Waals surface area contributed by atoms with E-state index in [4.69, 9.17) is 23.2 Å². The topological polar surface area (TPSA) is 0 Å². The minimum absolute atomic E-state index is 0.668. The molecule has 2 heteroatoms. The monoisotopic (exact) mass is 200 g/mol. The summed E-state index contributed by atoms with van der Waals surface area (Å²) in [5.41, 5.74) is 1.34. The van der Waals surface area contributed by atoms with E-state index in [2.05, 4.69) is 6.07 Å². The lowest BCUT2D eigenvalue weighted by Crippen LogP contribution is -1.83. The number of halogens is 2. The zero-order valence-corrected chi connectivity index (χ0v) is 8.15. The molecular formula is C10H10Cl2. The molecule has 1 aromatic rings. The Labute approximate surface area is 82.5 Å². The van der Waals surface area contributed by atoms with E-state index in [1.165, 1.54) is 12.0 Å². The summed E-state index contributed by atoms with van der Waals surface area (Å²) in [6.07, 6.45) is 1.23. The summed E-state index contributed by atoms with van der Waals surface area (Å²) in [5, 5.41) is 0.827. The van der Waals surface area contributed by atoms with Crippen LogP contribution in [0.25, 0.3) is 0 Å². The van der Waals surface area contributed by atoms with Crippen LogP contribution in [0.2, 0.25) is 5.02 Å². The van der Waals surface area contributed by atoms with Crippen molar-refractivity contribution in [3.8, 4) is 0 Å². The Morgan fingerprint density at radius 3 is 2.83 bits per heavy atom. The van der Waals surface area contributed by atoms with Crippen molar-refractivity contribution in [2.24, 2.45) is 5.92 Å². The van der Waals surface area contributed by atoms with Gasteiger partial charge in [-0.15, -0.1) is 11.6 Å². The van der Waals surface area contributed by atoms with Crippen LogP contribution >= 0.6 is 23.2 Å². The summed E-state index contributed by atoms with van der Waals surface area (Å²) in [7, 11) is 0. The molecule has 64 valence electrons. The van der Waals surface area contributed by atoms with Crippen molar-refractivity contribution >= 4 is 23.2 Å². The van der Waals surface area contributed by atoms with Crippen LogP contribution in [0.5, 0.6) is 0 Å². The zero-order valence-electron chi connectivity index (χ0n) is 6.63. The van der Waals surface area contributed by atoms with Crippen molar-refractivity contribution in [1.82, 2.24) is 0 Å². The van der Waals surface area contributed by atoms with Crippen LogP contribution in [-0.4, -0.2) is 5.88 Å². The standard InChI is InChI=1S/C10H10Cl2/c11-6-8-5-10(8)7-2-1-3-9(12)4-7/h1-4,8,10H,5-6H2/t8-,10-/m1/s1. The average molecular weight is 201 g/mol. The van der Waals surface area contributed by atoms with Gasteiger partial charge in [0, 0.05) is 10.9 Å². The fourth-order valence-corrected chi connectivity index (χ4v) is 2.10. The third-order valence-electron chi connectivity index (χ3n) is 2.40. The predicted octanol–water partition coefficient (Wildman–Crippen LogP) is 3.68. The summed E-state index contributed by atoms with van der Waals surface area (Å²) in [6.45, 7) is 0. The normalized spacial score (nSPS) is 27.2. The van der Waals surface area contributed by atoms with Gasteiger partial charge in [-0.3, -0.25) is 0 Å². The molecule has 1 aliphatic carbocycles. The Bertz CT molecular complexity index is 283. The molecule has 12 heavy (non-hydrogen) atoms. The van der Waals surface area contributed by atoms with E-state index in [0.717, 1.165) is 10.9 Å². The summed E-state index contributed by atoms with van der Waals surface area (Å²) in [6, 6.07) is 8.08. The zero-order chi connectivity index (χ0) is 8.55. The lowest BCUT2D eigenvalue weighted by atomic mass is 10.1. The first kappa shape index (κ1) is 8.40. The molecule has 0 saturated heterocycles. The molecular weight excluding hydrogens is 191 g/mol. The van der Waals surface area contributed by atoms with E-state index < -0.39 is 0 Å². The first-order valence-corrected chi connectivity index (χ1v) is 5.04. The summed E-state index contributed by atoms with van der Waals surface area (Å²) in [5.74, 6) is 2.13. The van der Waals surface area contributed by atoms with E-state index in [1.807, 2.05) is 18.2 Å². The Hall–Kier alpha value is -0.200. The first-order chi connectivity index (χ1) is 5.81. The van der Waals surface area contributed by atoms with Crippen molar-refractivity contribution < 1.29 is 0 Å². The molecule has 2 rings (SSSR count). The minimum Gasteiger partial charge on any atom is -0.126 e. The van der Waals surface area contributed by atoms with Crippen LogP contribution in [0.4, 0.5) is 0 Å². The van der Waals surface area contributed by atoms with E-state index in [1.54, 1.807) is 0 Å². The molecule has 1 fully saturated rings. The molecule has 1 saturated carbocycles. The van der Waals surface area contributed by atoms with Gasteiger partial charge < -0.3 is 0 Å². The molecule has 0 spiro atoms. The van der Waals surface area contributed by atoms with Crippen molar-refractivity contribution in [1.29, 1.82) is 0 Å². The second-order valence-corrected chi connectivity index (χ2v) is 4.06. The summed E-state index contributed by atoms with van der Waals surface area (Å²) < 4.78 is 0. The van der Waals surface area contributed by atoms with Gasteiger partial charge in [0.2, 0.25) is 0 Å². The highest BCUT2D eigenvalue weighted by atomic mass is 35.5. The van der Waals surface area contributed by atoms with E-state index in [0.29, 0.717) is 11.8 Å². The molecule has 0 bridgehead atoms. The van der Waals surface area contributed by atoms with Crippen molar-refractivity contribution in [3.05, 3.63) is 34.9 Å². The summed E-state index contributed by atoms with van der Waals surface area (Å²) in [4.78, 5) is 0.